The number of carbonyl (C=O) groups excluding carboxylic acids is 1. The molecule has 3 rings (SSSR count). The summed E-state index contributed by atoms with van der Waals surface area (Å²) in [6.45, 7) is 0. The zero-order valence-corrected chi connectivity index (χ0v) is 13.7. The molecule has 122 valence electrons. The Morgan fingerprint density at radius 1 is 1.39 bits per heavy atom. The summed E-state index contributed by atoms with van der Waals surface area (Å²) >= 11 is 1.47. The highest BCUT2D eigenvalue weighted by Crippen LogP contribution is 2.24. The fraction of sp³-hybridized carbons (Fsp3) is 0.438. The first-order chi connectivity index (χ1) is 11.0. The number of hydrogen-bond donors (Lipinski definition) is 1. The van der Waals surface area contributed by atoms with Gasteiger partial charge in [-0.2, -0.15) is 5.10 Å². The molecule has 2 N–H and O–H groups in total. The first kappa shape index (κ1) is 15.9. The van der Waals surface area contributed by atoms with Gasteiger partial charge in [0.05, 0.1) is 6.04 Å². The molecular weight excluding hydrogens is 315 g/mol. The molecule has 2 unspecified atom stereocenters. The van der Waals surface area contributed by atoms with Gasteiger partial charge in [0.15, 0.2) is 0 Å². The van der Waals surface area contributed by atoms with E-state index in [0.29, 0.717) is 18.4 Å². The van der Waals surface area contributed by atoms with E-state index < -0.39 is 12.1 Å². The summed E-state index contributed by atoms with van der Waals surface area (Å²) in [6.07, 6.45) is 2.23. The molecule has 1 amide bonds. The van der Waals surface area contributed by atoms with Crippen molar-refractivity contribution >= 4 is 17.2 Å². The molecule has 1 fully saturated rings. The Kier molecular flexibility index (Phi) is 4.56. The van der Waals surface area contributed by atoms with Crippen LogP contribution in [-0.2, 0) is 7.05 Å². The van der Waals surface area contributed by atoms with Crippen LogP contribution in [0.5, 0.6) is 0 Å². The topological polar surface area (TPSA) is 73.3 Å². The number of alkyl halides is 1. The molecule has 1 aromatic heterocycles. The van der Waals surface area contributed by atoms with E-state index in [0.717, 1.165) is 28.2 Å². The molecule has 1 aliphatic rings. The highest BCUT2D eigenvalue weighted by atomic mass is 32.1. The predicted molar refractivity (Wildman–Crippen MR) is 87.8 cm³/mol. The molecule has 0 aliphatic heterocycles. The lowest BCUT2D eigenvalue weighted by Crippen LogP contribution is -2.23. The fourth-order valence-corrected chi connectivity index (χ4v) is 3.70. The normalized spacial score (nSPS) is 22.3. The zero-order valence-electron chi connectivity index (χ0n) is 12.9. The van der Waals surface area contributed by atoms with Crippen molar-refractivity contribution in [3.05, 3.63) is 34.6 Å². The minimum absolute atomic E-state index is 0.0375. The maximum absolute atomic E-state index is 13.5. The van der Waals surface area contributed by atoms with Crippen molar-refractivity contribution in [2.75, 3.05) is 0 Å². The van der Waals surface area contributed by atoms with Gasteiger partial charge in [0.25, 0.3) is 0 Å². The molecule has 5 nitrogen and oxygen atoms in total. The molecule has 0 saturated heterocycles. The van der Waals surface area contributed by atoms with Gasteiger partial charge in [-0.05, 0) is 31.4 Å². The second-order valence-electron chi connectivity index (χ2n) is 5.80. The second kappa shape index (κ2) is 6.62. The summed E-state index contributed by atoms with van der Waals surface area (Å²) in [5, 5.41) is 5.29. The first-order valence-electron chi connectivity index (χ1n) is 7.65. The average molecular weight is 334 g/mol. The van der Waals surface area contributed by atoms with Crippen LogP contribution in [0.15, 0.2) is 29.3 Å². The highest BCUT2D eigenvalue weighted by Gasteiger charge is 2.21. The molecule has 1 aromatic carbocycles. The maximum Gasteiger partial charge on any atom is 0.248 e. The molecule has 1 heterocycles. The minimum atomic E-state index is -0.739. The number of amides is 1. The van der Waals surface area contributed by atoms with E-state index in [1.54, 1.807) is 16.8 Å². The lowest BCUT2D eigenvalue weighted by Gasteiger charge is -2.20. The number of nitrogens with zero attached hydrogens (tertiary/aromatic N) is 3. The molecule has 7 heteroatoms. The van der Waals surface area contributed by atoms with Crippen molar-refractivity contribution in [1.29, 1.82) is 0 Å². The van der Waals surface area contributed by atoms with Crippen LogP contribution in [0.4, 0.5) is 4.39 Å². The Balaban J connectivity index is 1.87. The lowest BCUT2D eigenvalue weighted by atomic mass is 9.94. The third-order valence-corrected chi connectivity index (χ3v) is 5.06. The van der Waals surface area contributed by atoms with E-state index in [1.165, 1.54) is 11.3 Å². The van der Waals surface area contributed by atoms with Crippen molar-refractivity contribution in [3.8, 4) is 10.6 Å². The van der Waals surface area contributed by atoms with Crippen LogP contribution in [-0.4, -0.2) is 27.9 Å². The molecule has 0 radical (unpaired) electrons. The smallest absolute Gasteiger partial charge is 0.248 e. The molecule has 23 heavy (non-hydrogen) atoms. The third-order valence-electron chi connectivity index (χ3n) is 4.00. The van der Waals surface area contributed by atoms with Crippen molar-refractivity contribution in [2.24, 2.45) is 17.8 Å². The number of carbonyl (C=O) groups is 1. The second-order valence-corrected chi connectivity index (χ2v) is 6.76. The van der Waals surface area contributed by atoms with Gasteiger partial charge in [-0.15, -0.1) is 0 Å². The van der Waals surface area contributed by atoms with Gasteiger partial charge in [-0.3, -0.25) is 9.79 Å². The molecule has 1 aliphatic carbocycles. The maximum atomic E-state index is 13.5. The molecular formula is C16H19FN4OS. The summed E-state index contributed by atoms with van der Waals surface area (Å²) in [5.74, 6) is -0.449. The molecule has 0 spiro atoms. The molecule has 0 bridgehead atoms. The van der Waals surface area contributed by atoms with E-state index in [2.05, 4.69) is 10.1 Å². The largest absolute Gasteiger partial charge is 0.366 e. The van der Waals surface area contributed by atoms with E-state index >= 15 is 0 Å². The van der Waals surface area contributed by atoms with E-state index in [4.69, 9.17) is 5.73 Å². The van der Waals surface area contributed by atoms with Crippen molar-refractivity contribution < 1.29 is 9.18 Å². The Morgan fingerprint density at radius 2 is 2.13 bits per heavy atom. The van der Waals surface area contributed by atoms with Crippen LogP contribution in [0.3, 0.4) is 0 Å². The summed E-state index contributed by atoms with van der Waals surface area (Å²) < 4.78 is 15.2. The number of aromatic nitrogens is 2. The van der Waals surface area contributed by atoms with Crippen molar-refractivity contribution in [1.82, 2.24) is 9.78 Å². The number of primary amides is 1. The van der Waals surface area contributed by atoms with Crippen LogP contribution in [0.25, 0.3) is 10.6 Å². The van der Waals surface area contributed by atoms with Gasteiger partial charge in [0, 0.05) is 24.6 Å². The van der Waals surface area contributed by atoms with Crippen LogP contribution in [0, 0.1) is 0 Å². The number of halogens is 1. The van der Waals surface area contributed by atoms with E-state index in [-0.39, 0.29) is 6.04 Å². The Hall–Kier alpha value is -2.02. The monoisotopic (exact) mass is 334 g/mol. The van der Waals surface area contributed by atoms with Crippen molar-refractivity contribution in [3.63, 3.8) is 0 Å². The predicted octanol–water partition coefficient (Wildman–Crippen LogP) is 2.43. The van der Waals surface area contributed by atoms with Gasteiger partial charge >= 0.3 is 0 Å². The number of benzene rings is 1. The fourth-order valence-electron chi connectivity index (χ4n) is 2.73. The summed E-state index contributed by atoms with van der Waals surface area (Å²) in [5.41, 5.74) is 6.62. The van der Waals surface area contributed by atoms with Crippen LogP contribution >= 0.6 is 11.3 Å². The first-order valence-corrected chi connectivity index (χ1v) is 8.47. The van der Waals surface area contributed by atoms with Gasteiger partial charge in [0.1, 0.15) is 11.2 Å². The number of hydrogen-bond acceptors (Lipinski definition) is 4. The molecule has 2 atom stereocenters. The minimum Gasteiger partial charge on any atom is -0.366 e. The summed E-state index contributed by atoms with van der Waals surface area (Å²) in [6, 6.07) is 7.05. The summed E-state index contributed by atoms with van der Waals surface area (Å²) in [4.78, 5) is 16.6. The van der Waals surface area contributed by atoms with Crippen LogP contribution < -0.4 is 10.5 Å². The van der Waals surface area contributed by atoms with Crippen LogP contribution in [0.1, 0.15) is 36.0 Å². The SMILES string of the molecule is Cn1nc(-c2ccc(C(N)=O)cc2)sc1=NC1CCCC(F)C1. The van der Waals surface area contributed by atoms with Crippen LogP contribution in [0.2, 0.25) is 0 Å². The van der Waals surface area contributed by atoms with Gasteiger partial charge in [-0.1, -0.05) is 23.5 Å². The van der Waals surface area contributed by atoms with E-state index in [1.807, 2.05) is 19.2 Å². The zero-order chi connectivity index (χ0) is 16.4. The standard InChI is InChI=1S/C16H19FN4OS/c1-21-16(19-13-4-2-3-12(17)9-13)23-15(20-21)11-7-5-10(6-8-11)14(18)22/h5-8,12-13H,2-4,9H2,1H3,(H2,18,22). The third kappa shape index (κ3) is 3.67. The number of nitrogens with two attached hydrogens (primary N) is 1. The number of rotatable bonds is 3. The van der Waals surface area contributed by atoms with Gasteiger partial charge in [0.2, 0.25) is 10.7 Å². The Morgan fingerprint density at radius 3 is 2.78 bits per heavy atom. The summed E-state index contributed by atoms with van der Waals surface area (Å²) in [7, 11) is 1.84. The Bertz CT molecular complexity index is 765. The van der Waals surface area contributed by atoms with Crippen molar-refractivity contribution in [2.45, 2.75) is 37.9 Å². The van der Waals surface area contributed by atoms with Gasteiger partial charge < -0.3 is 5.73 Å². The number of aryl methyl sites for hydroxylation is 1. The van der Waals surface area contributed by atoms with E-state index in [9.17, 15) is 9.18 Å². The quantitative estimate of drug-likeness (QED) is 0.936. The highest BCUT2D eigenvalue weighted by molar-refractivity contribution is 7.12. The molecule has 1 saturated carbocycles. The average Bonchev–Trinajstić information content (AvgIpc) is 2.88. The van der Waals surface area contributed by atoms with Gasteiger partial charge in [-0.25, -0.2) is 9.07 Å². The lowest BCUT2D eigenvalue weighted by molar-refractivity contribution is 0.100. The Labute approximate surface area is 137 Å². The molecule has 2 aromatic rings.